The average molecular weight is 235 g/mol. The first-order valence-electron chi connectivity index (χ1n) is 6.41. The number of rotatable bonds is 0. The lowest BCUT2D eigenvalue weighted by Crippen LogP contribution is -2.12. The molecular formula is C15H25NO. The van der Waals surface area contributed by atoms with Crippen molar-refractivity contribution >= 4 is 6.08 Å². The van der Waals surface area contributed by atoms with Crippen LogP contribution >= 0.6 is 0 Å². The number of allylic oxidation sites excluding steroid dienone is 3. The molecular weight excluding hydrogens is 210 g/mol. The Labute approximate surface area is 105 Å². The highest BCUT2D eigenvalue weighted by Gasteiger charge is 2.25. The Morgan fingerprint density at radius 2 is 1.71 bits per heavy atom. The van der Waals surface area contributed by atoms with Crippen molar-refractivity contribution < 1.29 is 4.42 Å². The van der Waals surface area contributed by atoms with Gasteiger partial charge in [0.2, 0.25) is 0 Å². The third-order valence-electron chi connectivity index (χ3n) is 2.31. The molecule has 0 bridgehead atoms. The van der Waals surface area contributed by atoms with E-state index in [0.717, 1.165) is 11.5 Å². The summed E-state index contributed by atoms with van der Waals surface area (Å²) in [7, 11) is 0. The monoisotopic (exact) mass is 235 g/mol. The highest BCUT2D eigenvalue weighted by Crippen LogP contribution is 2.31. The number of hydrogen-bond acceptors (Lipinski definition) is 2. The SMILES string of the molecule is CC.CC.CC1=Cc2ncoc2C(C)(C)C=C1. The molecule has 96 valence electrons. The Balaban J connectivity index is 0.000000581. The molecule has 1 aliphatic carbocycles. The van der Waals surface area contributed by atoms with Gasteiger partial charge in [-0.1, -0.05) is 39.8 Å². The van der Waals surface area contributed by atoms with Gasteiger partial charge in [-0.3, -0.25) is 0 Å². The predicted molar refractivity (Wildman–Crippen MR) is 75.0 cm³/mol. The van der Waals surface area contributed by atoms with Crippen molar-refractivity contribution in [1.82, 2.24) is 4.98 Å². The van der Waals surface area contributed by atoms with Crippen LogP contribution < -0.4 is 0 Å². The van der Waals surface area contributed by atoms with Gasteiger partial charge < -0.3 is 4.42 Å². The summed E-state index contributed by atoms with van der Waals surface area (Å²) in [6, 6.07) is 0. The Kier molecular flexibility index (Phi) is 6.55. The summed E-state index contributed by atoms with van der Waals surface area (Å²) in [4.78, 5) is 4.18. The van der Waals surface area contributed by atoms with E-state index in [9.17, 15) is 0 Å². The zero-order valence-electron chi connectivity index (χ0n) is 12.2. The highest BCUT2D eigenvalue weighted by atomic mass is 16.3. The molecule has 0 aromatic carbocycles. The Bertz CT molecular complexity index is 383. The van der Waals surface area contributed by atoms with E-state index >= 15 is 0 Å². The fourth-order valence-corrected chi connectivity index (χ4v) is 1.52. The standard InChI is InChI=1S/C11H13NO.2C2H6/c1-8-4-5-11(2,3)10-9(6-8)12-7-13-10;2*1-2/h4-7H,1-3H3;2*1-2H3. The fraction of sp³-hybridized carbons (Fsp3) is 0.533. The van der Waals surface area contributed by atoms with E-state index in [2.05, 4.69) is 37.9 Å². The lowest BCUT2D eigenvalue weighted by atomic mass is 9.89. The normalized spacial score (nSPS) is 15.4. The van der Waals surface area contributed by atoms with E-state index in [-0.39, 0.29) is 5.41 Å². The van der Waals surface area contributed by atoms with E-state index in [4.69, 9.17) is 4.42 Å². The molecule has 1 aromatic heterocycles. The van der Waals surface area contributed by atoms with Crippen molar-refractivity contribution in [3.8, 4) is 0 Å². The van der Waals surface area contributed by atoms with Gasteiger partial charge in [-0.15, -0.1) is 0 Å². The summed E-state index contributed by atoms with van der Waals surface area (Å²) in [5.41, 5.74) is 2.10. The van der Waals surface area contributed by atoms with Gasteiger partial charge in [0.15, 0.2) is 6.39 Å². The molecule has 1 aliphatic rings. The minimum absolute atomic E-state index is 0.0555. The van der Waals surface area contributed by atoms with Crippen LogP contribution in [0.15, 0.2) is 28.5 Å². The van der Waals surface area contributed by atoms with Crippen LogP contribution in [0, 0.1) is 0 Å². The quantitative estimate of drug-likeness (QED) is 0.634. The van der Waals surface area contributed by atoms with Crippen molar-refractivity contribution in [2.45, 2.75) is 53.9 Å². The molecule has 17 heavy (non-hydrogen) atoms. The van der Waals surface area contributed by atoms with Crippen LogP contribution in [0.4, 0.5) is 0 Å². The topological polar surface area (TPSA) is 26.0 Å². The molecule has 0 saturated heterocycles. The van der Waals surface area contributed by atoms with E-state index < -0.39 is 0 Å². The average Bonchev–Trinajstić information content (AvgIpc) is 2.77. The molecule has 2 rings (SSSR count). The summed E-state index contributed by atoms with van der Waals surface area (Å²) >= 11 is 0. The zero-order valence-corrected chi connectivity index (χ0v) is 12.2. The Morgan fingerprint density at radius 3 is 2.29 bits per heavy atom. The Morgan fingerprint density at radius 1 is 1.12 bits per heavy atom. The second-order valence-corrected chi connectivity index (χ2v) is 4.01. The molecule has 0 atom stereocenters. The molecule has 0 amide bonds. The molecule has 0 radical (unpaired) electrons. The van der Waals surface area contributed by atoms with Gasteiger partial charge in [0.25, 0.3) is 0 Å². The maximum Gasteiger partial charge on any atom is 0.181 e. The number of hydrogen-bond donors (Lipinski definition) is 0. The van der Waals surface area contributed by atoms with Crippen molar-refractivity contribution in [2.24, 2.45) is 0 Å². The summed E-state index contributed by atoms with van der Waals surface area (Å²) in [6.07, 6.45) is 7.81. The summed E-state index contributed by atoms with van der Waals surface area (Å²) < 4.78 is 5.39. The maximum absolute atomic E-state index is 5.39. The summed E-state index contributed by atoms with van der Waals surface area (Å²) in [5, 5.41) is 0. The first-order chi connectivity index (χ1) is 8.09. The largest absolute Gasteiger partial charge is 0.447 e. The molecule has 0 unspecified atom stereocenters. The highest BCUT2D eigenvalue weighted by molar-refractivity contribution is 5.57. The molecule has 2 heteroatoms. The van der Waals surface area contributed by atoms with Gasteiger partial charge in [-0.2, -0.15) is 0 Å². The minimum Gasteiger partial charge on any atom is -0.447 e. The van der Waals surface area contributed by atoms with Gasteiger partial charge >= 0.3 is 0 Å². The third kappa shape index (κ3) is 3.88. The van der Waals surface area contributed by atoms with Crippen molar-refractivity contribution in [1.29, 1.82) is 0 Å². The Hall–Kier alpha value is -1.31. The van der Waals surface area contributed by atoms with Crippen molar-refractivity contribution in [3.05, 3.63) is 35.6 Å². The van der Waals surface area contributed by atoms with Gasteiger partial charge in [0, 0.05) is 5.41 Å². The molecule has 0 saturated carbocycles. The van der Waals surface area contributed by atoms with E-state index in [1.54, 1.807) is 0 Å². The van der Waals surface area contributed by atoms with Gasteiger partial charge in [0.1, 0.15) is 11.5 Å². The first-order valence-corrected chi connectivity index (χ1v) is 6.41. The van der Waals surface area contributed by atoms with Gasteiger partial charge in [-0.05, 0) is 32.4 Å². The molecule has 0 fully saturated rings. The number of oxazole rings is 1. The predicted octanol–water partition coefficient (Wildman–Crippen LogP) is 4.98. The fourth-order valence-electron chi connectivity index (χ4n) is 1.52. The molecule has 1 heterocycles. The second-order valence-electron chi connectivity index (χ2n) is 4.01. The van der Waals surface area contributed by atoms with E-state index in [1.165, 1.54) is 12.0 Å². The number of nitrogens with zero attached hydrogens (tertiary/aromatic N) is 1. The van der Waals surface area contributed by atoms with Crippen LogP contribution in [0.25, 0.3) is 6.08 Å². The number of aromatic nitrogens is 1. The van der Waals surface area contributed by atoms with Crippen molar-refractivity contribution in [2.75, 3.05) is 0 Å². The van der Waals surface area contributed by atoms with Crippen LogP contribution in [-0.2, 0) is 5.41 Å². The van der Waals surface area contributed by atoms with Crippen LogP contribution in [0.5, 0.6) is 0 Å². The second kappa shape index (κ2) is 7.10. The van der Waals surface area contributed by atoms with Gasteiger partial charge in [-0.25, -0.2) is 4.98 Å². The first kappa shape index (κ1) is 15.7. The van der Waals surface area contributed by atoms with E-state index in [1.807, 2.05) is 33.8 Å². The third-order valence-corrected chi connectivity index (χ3v) is 2.31. The van der Waals surface area contributed by atoms with Crippen LogP contribution in [0.2, 0.25) is 0 Å². The molecule has 0 aliphatic heterocycles. The maximum atomic E-state index is 5.39. The molecule has 0 spiro atoms. The number of fused-ring (bicyclic) bond motifs is 1. The minimum atomic E-state index is -0.0555. The summed E-state index contributed by atoms with van der Waals surface area (Å²) in [5.74, 6) is 0.945. The van der Waals surface area contributed by atoms with Gasteiger partial charge in [0.05, 0.1) is 0 Å². The van der Waals surface area contributed by atoms with Crippen LogP contribution in [-0.4, -0.2) is 4.98 Å². The molecule has 0 N–H and O–H groups in total. The van der Waals surface area contributed by atoms with Crippen molar-refractivity contribution in [3.63, 3.8) is 0 Å². The lowest BCUT2D eigenvalue weighted by Gasteiger charge is -2.15. The van der Waals surface area contributed by atoms with E-state index in [0.29, 0.717) is 0 Å². The lowest BCUT2D eigenvalue weighted by molar-refractivity contribution is 0.435. The smallest absolute Gasteiger partial charge is 0.181 e. The van der Waals surface area contributed by atoms with Crippen LogP contribution in [0.3, 0.4) is 0 Å². The summed E-state index contributed by atoms with van der Waals surface area (Å²) in [6.45, 7) is 14.3. The molecule has 2 nitrogen and oxygen atoms in total. The zero-order chi connectivity index (χ0) is 13.5. The molecule has 1 aromatic rings. The van der Waals surface area contributed by atoms with Crippen LogP contribution in [0.1, 0.15) is 59.9 Å².